The summed E-state index contributed by atoms with van der Waals surface area (Å²) in [6, 6.07) is 5.01. The molecular formula is C14H21F3N2O. The number of rotatable bonds is 5. The van der Waals surface area contributed by atoms with Crippen molar-refractivity contribution in [2.45, 2.75) is 45.0 Å². The van der Waals surface area contributed by atoms with Gasteiger partial charge < -0.3 is 4.74 Å². The monoisotopic (exact) mass is 290 g/mol. The van der Waals surface area contributed by atoms with Crippen LogP contribution in [0.25, 0.3) is 0 Å². The summed E-state index contributed by atoms with van der Waals surface area (Å²) in [6.45, 7) is 6.05. The van der Waals surface area contributed by atoms with Gasteiger partial charge in [0.05, 0.1) is 17.8 Å². The minimum Gasteiger partial charge on any atom is -0.374 e. The molecule has 0 aliphatic heterocycles. The Labute approximate surface area is 117 Å². The predicted molar refractivity (Wildman–Crippen MR) is 72.0 cm³/mol. The molecule has 0 aromatic heterocycles. The van der Waals surface area contributed by atoms with Gasteiger partial charge in [0.15, 0.2) is 0 Å². The Morgan fingerprint density at radius 1 is 1.25 bits per heavy atom. The zero-order chi connectivity index (χ0) is 15.4. The molecule has 0 aliphatic carbocycles. The Bertz CT molecular complexity index is 427. The van der Waals surface area contributed by atoms with Gasteiger partial charge in [-0.3, -0.25) is 11.3 Å². The molecule has 3 nitrogen and oxygen atoms in total. The number of nitrogens with one attached hydrogen (secondary N) is 1. The Morgan fingerprint density at radius 2 is 1.90 bits per heavy atom. The molecule has 1 rings (SSSR count). The molecule has 0 saturated heterocycles. The molecule has 0 heterocycles. The van der Waals surface area contributed by atoms with Crippen molar-refractivity contribution in [2.24, 2.45) is 5.84 Å². The highest BCUT2D eigenvalue weighted by Crippen LogP contribution is 2.29. The highest BCUT2D eigenvalue weighted by molar-refractivity contribution is 5.26. The summed E-state index contributed by atoms with van der Waals surface area (Å²) in [5.74, 6) is 5.42. The van der Waals surface area contributed by atoms with Crippen molar-refractivity contribution in [3.63, 3.8) is 0 Å². The van der Waals surface area contributed by atoms with Crippen molar-refractivity contribution in [3.8, 4) is 0 Å². The summed E-state index contributed by atoms with van der Waals surface area (Å²) in [4.78, 5) is 0. The fourth-order valence-electron chi connectivity index (χ4n) is 1.68. The first-order valence-electron chi connectivity index (χ1n) is 6.38. The highest BCUT2D eigenvalue weighted by Gasteiger charge is 2.30. The number of hydrogen-bond acceptors (Lipinski definition) is 3. The van der Waals surface area contributed by atoms with Gasteiger partial charge in [0.25, 0.3) is 0 Å². The molecule has 114 valence electrons. The Morgan fingerprint density at radius 3 is 2.40 bits per heavy atom. The molecular weight excluding hydrogens is 269 g/mol. The van der Waals surface area contributed by atoms with Crippen LogP contribution in [0.15, 0.2) is 24.3 Å². The molecule has 1 unspecified atom stereocenters. The number of hydrogen-bond donors (Lipinski definition) is 2. The molecule has 0 bridgehead atoms. The van der Waals surface area contributed by atoms with E-state index in [0.29, 0.717) is 18.6 Å². The molecule has 20 heavy (non-hydrogen) atoms. The quantitative estimate of drug-likeness (QED) is 0.647. The van der Waals surface area contributed by atoms with Crippen LogP contribution in [0.5, 0.6) is 0 Å². The van der Waals surface area contributed by atoms with Crippen molar-refractivity contribution < 1.29 is 17.9 Å². The minimum absolute atomic E-state index is 0.238. The average molecular weight is 290 g/mol. The van der Waals surface area contributed by atoms with Crippen LogP contribution in [-0.2, 0) is 17.3 Å². The Balaban J connectivity index is 2.70. The molecule has 1 aromatic carbocycles. The lowest BCUT2D eigenvalue weighted by molar-refractivity contribution is -0.137. The van der Waals surface area contributed by atoms with Gasteiger partial charge in [-0.1, -0.05) is 18.2 Å². The van der Waals surface area contributed by atoms with Crippen LogP contribution >= 0.6 is 0 Å². The first kappa shape index (κ1) is 16.9. The zero-order valence-corrected chi connectivity index (χ0v) is 11.9. The second-order valence-electron chi connectivity index (χ2n) is 5.69. The third-order valence-corrected chi connectivity index (χ3v) is 2.69. The van der Waals surface area contributed by atoms with Gasteiger partial charge in [-0.05, 0) is 38.8 Å². The molecule has 0 fully saturated rings. The van der Waals surface area contributed by atoms with Crippen LogP contribution < -0.4 is 11.3 Å². The third kappa shape index (κ3) is 5.90. The van der Waals surface area contributed by atoms with Gasteiger partial charge in [-0.2, -0.15) is 13.2 Å². The summed E-state index contributed by atoms with van der Waals surface area (Å²) >= 11 is 0. The lowest BCUT2D eigenvalue weighted by Crippen LogP contribution is -2.42. The van der Waals surface area contributed by atoms with Crippen LogP contribution in [0.3, 0.4) is 0 Å². The first-order valence-corrected chi connectivity index (χ1v) is 6.38. The number of alkyl halides is 3. The van der Waals surface area contributed by atoms with E-state index in [0.717, 1.165) is 12.1 Å². The van der Waals surface area contributed by atoms with Crippen molar-refractivity contribution in [3.05, 3.63) is 35.4 Å². The van der Waals surface area contributed by atoms with Gasteiger partial charge in [0.2, 0.25) is 0 Å². The summed E-state index contributed by atoms with van der Waals surface area (Å²) in [5, 5.41) is 0. The van der Waals surface area contributed by atoms with Crippen LogP contribution in [-0.4, -0.2) is 18.2 Å². The maximum atomic E-state index is 12.6. The zero-order valence-electron chi connectivity index (χ0n) is 11.9. The second kappa shape index (κ2) is 6.56. The van der Waals surface area contributed by atoms with Crippen molar-refractivity contribution >= 4 is 0 Å². The van der Waals surface area contributed by atoms with E-state index in [1.807, 2.05) is 20.8 Å². The summed E-state index contributed by atoms with van der Waals surface area (Å²) in [7, 11) is 0. The van der Waals surface area contributed by atoms with Gasteiger partial charge in [0.1, 0.15) is 0 Å². The topological polar surface area (TPSA) is 47.3 Å². The Kier molecular flexibility index (Phi) is 5.56. The molecule has 0 amide bonds. The molecule has 3 N–H and O–H groups in total. The normalized spacial score (nSPS) is 14.3. The summed E-state index contributed by atoms with van der Waals surface area (Å²) in [6.07, 6.45) is -3.96. The van der Waals surface area contributed by atoms with E-state index in [2.05, 4.69) is 5.43 Å². The van der Waals surface area contributed by atoms with Crippen molar-refractivity contribution in [2.75, 3.05) is 6.61 Å². The van der Waals surface area contributed by atoms with E-state index >= 15 is 0 Å². The van der Waals surface area contributed by atoms with E-state index < -0.39 is 11.7 Å². The smallest absolute Gasteiger partial charge is 0.374 e. The molecule has 6 heteroatoms. The van der Waals surface area contributed by atoms with Crippen LogP contribution in [0, 0.1) is 0 Å². The maximum Gasteiger partial charge on any atom is 0.416 e. The van der Waals surface area contributed by atoms with Crippen LogP contribution in [0.4, 0.5) is 13.2 Å². The Hall–Kier alpha value is -1.11. The van der Waals surface area contributed by atoms with Crippen molar-refractivity contribution in [1.82, 2.24) is 5.43 Å². The third-order valence-electron chi connectivity index (χ3n) is 2.69. The summed E-state index contributed by atoms with van der Waals surface area (Å²) in [5.41, 5.74) is 2.18. The van der Waals surface area contributed by atoms with E-state index in [1.54, 1.807) is 6.07 Å². The van der Waals surface area contributed by atoms with Gasteiger partial charge in [-0.25, -0.2) is 0 Å². The number of hydrazine groups is 1. The fraction of sp³-hybridized carbons (Fsp3) is 0.571. The maximum absolute atomic E-state index is 12.6. The fourth-order valence-corrected chi connectivity index (χ4v) is 1.68. The van der Waals surface area contributed by atoms with Crippen molar-refractivity contribution in [1.29, 1.82) is 0 Å². The average Bonchev–Trinajstić information content (AvgIpc) is 2.32. The number of halogens is 3. The number of nitrogens with two attached hydrogens (primary N) is 1. The lowest BCUT2D eigenvalue weighted by atomic mass is 10.0. The standard InChI is InChI=1S/C14H21F3N2O/c1-13(2,3)20-9-12(19-18)8-10-5-4-6-11(7-10)14(15,16)17/h4-7,12,19H,8-9,18H2,1-3H3. The van der Waals surface area contributed by atoms with Gasteiger partial charge in [-0.15, -0.1) is 0 Å². The first-order chi connectivity index (χ1) is 9.12. The molecule has 1 atom stereocenters. The second-order valence-corrected chi connectivity index (χ2v) is 5.69. The molecule has 0 aliphatic rings. The SMILES string of the molecule is CC(C)(C)OCC(Cc1cccc(C(F)(F)F)c1)NN. The van der Waals surface area contributed by atoms with E-state index in [-0.39, 0.29) is 11.6 Å². The highest BCUT2D eigenvalue weighted by atomic mass is 19.4. The lowest BCUT2D eigenvalue weighted by Gasteiger charge is -2.24. The van der Waals surface area contributed by atoms with Gasteiger partial charge >= 0.3 is 6.18 Å². The van der Waals surface area contributed by atoms with E-state index in [1.165, 1.54) is 6.07 Å². The van der Waals surface area contributed by atoms with Crippen LogP contribution in [0.1, 0.15) is 31.9 Å². The van der Waals surface area contributed by atoms with E-state index in [9.17, 15) is 13.2 Å². The molecule has 1 aromatic rings. The van der Waals surface area contributed by atoms with Gasteiger partial charge in [0, 0.05) is 6.04 Å². The minimum atomic E-state index is -4.33. The number of ether oxygens (including phenoxy) is 1. The largest absolute Gasteiger partial charge is 0.416 e. The van der Waals surface area contributed by atoms with Crippen LogP contribution in [0.2, 0.25) is 0 Å². The molecule has 0 spiro atoms. The molecule has 0 radical (unpaired) electrons. The summed E-state index contributed by atoms with van der Waals surface area (Å²) < 4.78 is 43.5. The number of benzene rings is 1. The van der Waals surface area contributed by atoms with E-state index in [4.69, 9.17) is 10.6 Å². The predicted octanol–water partition coefficient (Wildman–Crippen LogP) is 2.89. The molecule has 0 saturated carbocycles.